The number of nitrogens with one attached hydrogen (secondary N) is 1. The lowest BCUT2D eigenvalue weighted by Crippen LogP contribution is -2.22. The zero-order chi connectivity index (χ0) is 21.3. The van der Waals surface area contributed by atoms with Crippen molar-refractivity contribution in [3.8, 4) is 11.4 Å². The Kier molecular flexibility index (Phi) is 5.24. The first-order chi connectivity index (χ1) is 14.5. The van der Waals surface area contributed by atoms with Crippen molar-refractivity contribution in [3.63, 3.8) is 0 Å². The molecule has 0 fully saturated rings. The van der Waals surface area contributed by atoms with Gasteiger partial charge >= 0.3 is 0 Å². The molecule has 1 unspecified atom stereocenters. The quantitative estimate of drug-likeness (QED) is 0.550. The molecule has 0 aliphatic rings. The van der Waals surface area contributed by atoms with Gasteiger partial charge < -0.3 is 5.32 Å². The molecule has 2 heterocycles. The third kappa shape index (κ3) is 3.65. The van der Waals surface area contributed by atoms with Gasteiger partial charge in [-0.1, -0.05) is 24.3 Å². The Morgan fingerprint density at radius 3 is 2.60 bits per heavy atom. The molecule has 0 saturated carbocycles. The fourth-order valence-electron chi connectivity index (χ4n) is 3.17. The maximum Gasteiger partial charge on any atom is 0.261 e. The summed E-state index contributed by atoms with van der Waals surface area (Å²) in [4.78, 5) is 35.2. The van der Waals surface area contributed by atoms with E-state index in [1.165, 1.54) is 4.57 Å². The predicted molar refractivity (Wildman–Crippen MR) is 117 cm³/mol. The highest BCUT2D eigenvalue weighted by atomic mass is 32.2. The van der Waals surface area contributed by atoms with Crippen molar-refractivity contribution in [2.75, 3.05) is 11.6 Å². The summed E-state index contributed by atoms with van der Waals surface area (Å²) in [6.45, 7) is 0. The summed E-state index contributed by atoms with van der Waals surface area (Å²) in [5.74, 6) is 0.383. The van der Waals surface area contributed by atoms with E-state index in [0.29, 0.717) is 33.0 Å². The molecule has 2 aromatic carbocycles. The van der Waals surface area contributed by atoms with E-state index in [1.807, 2.05) is 0 Å². The van der Waals surface area contributed by atoms with Gasteiger partial charge in [-0.2, -0.15) is 0 Å². The number of amides is 1. The van der Waals surface area contributed by atoms with Crippen molar-refractivity contribution in [2.45, 2.75) is 4.90 Å². The Hall–Kier alpha value is -3.65. The molecule has 1 N–H and O–H groups in total. The van der Waals surface area contributed by atoms with Gasteiger partial charge in [0.05, 0.1) is 16.5 Å². The van der Waals surface area contributed by atoms with E-state index in [0.717, 1.165) is 0 Å². The van der Waals surface area contributed by atoms with Gasteiger partial charge in [0.15, 0.2) is 0 Å². The average molecular weight is 418 g/mol. The molecule has 2 aromatic heterocycles. The highest BCUT2D eigenvalue weighted by molar-refractivity contribution is 7.84. The minimum absolute atomic E-state index is 0.271. The van der Waals surface area contributed by atoms with E-state index in [2.05, 4.69) is 15.3 Å². The third-order valence-electron chi connectivity index (χ3n) is 4.68. The predicted octanol–water partition coefficient (Wildman–Crippen LogP) is 2.99. The topological polar surface area (TPSA) is 93.9 Å². The minimum atomic E-state index is -1.17. The number of hydrogen-bond acceptors (Lipinski definition) is 5. The molecule has 150 valence electrons. The van der Waals surface area contributed by atoms with Crippen LogP contribution in [-0.4, -0.2) is 30.9 Å². The van der Waals surface area contributed by atoms with Crippen LogP contribution in [0.1, 0.15) is 10.4 Å². The standard InChI is InChI=1S/C22H18N4O3S/c1-26-20(14-7-5-8-15(13-14)30(2)29)25-19-16(9-6-10-17(19)22(26)28)21(27)24-18-11-3-4-12-23-18/h3-13H,1-2H3,(H,23,24,27). The molecule has 1 atom stereocenters. The first-order valence-corrected chi connectivity index (χ1v) is 10.7. The number of anilines is 1. The number of pyridine rings is 1. The molecule has 0 spiro atoms. The van der Waals surface area contributed by atoms with Crippen LogP contribution in [0.4, 0.5) is 5.82 Å². The molecule has 30 heavy (non-hydrogen) atoms. The van der Waals surface area contributed by atoms with E-state index in [1.54, 1.807) is 80.2 Å². The number of carbonyl (C=O) groups excluding carboxylic acids is 1. The largest absolute Gasteiger partial charge is 0.306 e. The van der Waals surface area contributed by atoms with Crippen molar-refractivity contribution in [1.82, 2.24) is 14.5 Å². The van der Waals surface area contributed by atoms with Crippen LogP contribution in [0, 0.1) is 0 Å². The number of hydrogen-bond donors (Lipinski definition) is 1. The van der Waals surface area contributed by atoms with Crippen LogP contribution >= 0.6 is 0 Å². The second-order valence-corrected chi connectivity index (χ2v) is 8.03. The monoisotopic (exact) mass is 418 g/mol. The van der Waals surface area contributed by atoms with E-state index in [9.17, 15) is 13.8 Å². The molecule has 4 rings (SSSR count). The lowest BCUT2D eigenvalue weighted by Gasteiger charge is -2.12. The second-order valence-electron chi connectivity index (χ2n) is 6.65. The molecule has 0 saturated heterocycles. The van der Waals surface area contributed by atoms with Crippen LogP contribution in [-0.2, 0) is 17.8 Å². The summed E-state index contributed by atoms with van der Waals surface area (Å²) >= 11 is 0. The van der Waals surface area contributed by atoms with E-state index < -0.39 is 16.7 Å². The highest BCUT2D eigenvalue weighted by Crippen LogP contribution is 2.23. The summed E-state index contributed by atoms with van der Waals surface area (Å²) in [7, 11) is 0.453. The SMILES string of the molecule is Cn1c(-c2cccc(S(C)=O)c2)nc2c(C(=O)Nc3ccccn3)cccc2c1=O. The number of fused-ring (bicyclic) bond motifs is 1. The van der Waals surface area contributed by atoms with Crippen LogP contribution in [0.5, 0.6) is 0 Å². The molecule has 0 aliphatic heterocycles. The van der Waals surface area contributed by atoms with Gasteiger partial charge in [0.25, 0.3) is 11.5 Å². The van der Waals surface area contributed by atoms with Crippen molar-refractivity contribution >= 4 is 33.4 Å². The van der Waals surface area contributed by atoms with Gasteiger partial charge in [0.1, 0.15) is 11.6 Å². The molecule has 0 bridgehead atoms. The number of para-hydroxylation sites is 1. The molecular weight excluding hydrogens is 400 g/mol. The molecule has 7 nitrogen and oxygen atoms in total. The van der Waals surface area contributed by atoms with Crippen LogP contribution in [0.3, 0.4) is 0 Å². The van der Waals surface area contributed by atoms with Crippen molar-refractivity contribution < 1.29 is 9.00 Å². The van der Waals surface area contributed by atoms with Crippen LogP contribution < -0.4 is 10.9 Å². The number of carbonyl (C=O) groups is 1. The highest BCUT2D eigenvalue weighted by Gasteiger charge is 2.17. The van der Waals surface area contributed by atoms with Gasteiger partial charge in [-0.15, -0.1) is 0 Å². The van der Waals surface area contributed by atoms with Gasteiger partial charge in [0, 0.05) is 40.8 Å². The van der Waals surface area contributed by atoms with Gasteiger partial charge in [0.2, 0.25) is 0 Å². The number of nitrogens with zero attached hydrogens (tertiary/aromatic N) is 3. The van der Waals surface area contributed by atoms with E-state index in [-0.39, 0.29) is 11.1 Å². The van der Waals surface area contributed by atoms with E-state index in [4.69, 9.17) is 0 Å². The first-order valence-electron chi connectivity index (χ1n) is 9.11. The first kappa shape index (κ1) is 19.7. The number of aromatic nitrogens is 3. The summed E-state index contributed by atoms with van der Waals surface area (Å²) in [5, 5.41) is 3.07. The smallest absolute Gasteiger partial charge is 0.261 e. The van der Waals surface area contributed by atoms with Gasteiger partial charge in [-0.25, -0.2) is 9.97 Å². The molecule has 0 aliphatic carbocycles. The lowest BCUT2D eigenvalue weighted by atomic mass is 10.1. The number of rotatable bonds is 4. The lowest BCUT2D eigenvalue weighted by molar-refractivity contribution is 0.102. The summed E-state index contributed by atoms with van der Waals surface area (Å²) < 4.78 is 13.3. The van der Waals surface area contributed by atoms with Gasteiger partial charge in [-0.05, 0) is 36.4 Å². The Balaban J connectivity index is 1.88. The maximum absolute atomic E-state index is 13.0. The normalized spacial score (nSPS) is 11.9. The minimum Gasteiger partial charge on any atom is -0.306 e. The Labute approximate surface area is 174 Å². The Morgan fingerprint density at radius 1 is 1.07 bits per heavy atom. The summed E-state index contributed by atoms with van der Waals surface area (Å²) in [6.07, 6.45) is 3.17. The molecular formula is C22H18N4O3S. The number of benzene rings is 2. The van der Waals surface area contributed by atoms with Crippen molar-refractivity contribution in [2.24, 2.45) is 7.05 Å². The third-order valence-corrected chi connectivity index (χ3v) is 5.60. The fraction of sp³-hybridized carbons (Fsp3) is 0.0909. The summed E-state index contributed by atoms with van der Waals surface area (Å²) in [5.41, 5.74) is 0.939. The molecule has 8 heteroatoms. The zero-order valence-corrected chi connectivity index (χ0v) is 17.1. The average Bonchev–Trinajstić information content (AvgIpc) is 2.76. The van der Waals surface area contributed by atoms with Crippen molar-refractivity contribution in [1.29, 1.82) is 0 Å². The fourth-order valence-corrected chi connectivity index (χ4v) is 3.73. The van der Waals surface area contributed by atoms with Crippen LogP contribution in [0.2, 0.25) is 0 Å². The summed E-state index contributed by atoms with van der Waals surface area (Å²) in [6, 6.07) is 17.2. The van der Waals surface area contributed by atoms with Crippen molar-refractivity contribution in [3.05, 3.63) is 82.8 Å². The van der Waals surface area contributed by atoms with Crippen LogP contribution in [0.15, 0.2) is 76.6 Å². The van der Waals surface area contributed by atoms with Gasteiger partial charge in [-0.3, -0.25) is 18.4 Å². The molecule has 1 amide bonds. The molecule has 0 radical (unpaired) electrons. The van der Waals surface area contributed by atoms with Crippen LogP contribution in [0.25, 0.3) is 22.3 Å². The van der Waals surface area contributed by atoms with E-state index >= 15 is 0 Å². The maximum atomic E-state index is 13.0. The second kappa shape index (κ2) is 8.00. The Bertz CT molecular complexity index is 1350. The Morgan fingerprint density at radius 2 is 1.87 bits per heavy atom. The zero-order valence-electron chi connectivity index (χ0n) is 16.3. The molecule has 4 aromatic rings.